The topological polar surface area (TPSA) is 147 Å². The molecule has 230 valence electrons. The van der Waals surface area contributed by atoms with Crippen molar-refractivity contribution in [1.82, 2.24) is 10.3 Å². The van der Waals surface area contributed by atoms with E-state index in [1.54, 1.807) is 18.2 Å². The highest BCUT2D eigenvalue weighted by Gasteiger charge is 2.22. The van der Waals surface area contributed by atoms with Gasteiger partial charge in [0, 0.05) is 45.3 Å². The number of Topliss-reactive ketones (excluding diaryl/α,β-unsaturated/α-hetero) is 1. The molecule has 6 N–H and O–H groups in total. The van der Waals surface area contributed by atoms with Crippen LogP contribution in [0.4, 0.5) is 0 Å². The zero-order valence-corrected chi connectivity index (χ0v) is 25.2. The first-order valence-corrected chi connectivity index (χ1v) is 14.9. The number of methoxy groups -OCH3 is 1. The van der Waals surface area contributed by atoms with Crippen LogP contribution < -0.4 is 15.8 Å². The van der Waals surface area contributed by atoms with Gasteiger partial charge in [-0.2, -0.15) is 0 Å². The Morgan fingerprint density at radius 2 is 1.88 bits per heavy atom. The molecule has 3 rings (SSSR count). The van der Waals surface area contributed by atoms with Gasteiger partial charge in [-0.1, -0.05) is 25.5 Å². The summed E-state index contributed by atoms with van der Waals surface area (Å²) in [7, 11) is 1.49. The number of aliphatic hydroxyl groups is 1. The molecular formula is C33H47N3O6. The van der Waals surface area contributed by atoms with Gasteiger partial charge in [0.1, 0.15) is 11.9 Å². The Bertz CT molecular complexity index is 1230. The lowest BCUT2D eigenvalue weighted by Crippen LogP contribution is -2.25. The van der Waals surface area contributed by atoms with Gasteiger partial charge in [-0.25, -0.2) is 0 Å². The van der Waals surface area contributed by atoms with E-state index in [1.807, 2.05) is 12.3 Å². The van der Waals surface area contributed by atoms with Crippen molar-refractivity contribution >= 4 is 11.8 Å². The van der Waals surface area contributed by atoms with Crippen LogP contribution in [0.1, 0.15) is 69.1 Å². The number of hydrogen-bond donors (Lipinski definition) is 5. The smallest absolute Gasteiger partial charge is 0.302 e. The average molecular weight is 582 g/mol. The molecule has 42 heavy (non-hydrogen) atoms. The molecule has 2 heterocycles. The van der Waals surface area contributed by atoms with Crippen LogP contribution in [-0.4, -0.2) is 53.3 Å². The van der Waals surface area contributed by atoms with E-state index in [1.165, 1.54) is 25.2 Å². The van der Waals surface area contributed by atoms with E-state index in [2.05, 4.69) is 29.5 Å². The van der Waals surface area contributed by atoms with Crippen molar-refractivity contribution in [3.8, 4) is 11.5 Å². The molecule has 1 aromatic carbocycles. The van der Waals surface area contributed by atoms with E-state index in [-0.39, 0.29) is 36.4 Å². The number of aromatic hydroxyl groups is 1. The van der Waals surface area contributed by atoms with Crippen LogP contribution in [-0.2, 0) is 33.6 Å². The molecule has 0 radical (unpaired) electrons. The van der Waals surface area contributed by atoms with Gasteiger partial charge in [-0.3, -0.25) is 9.59 Å². The summed E-state index contributed by atoms with van der Waals surface area (Å²) in [5, 5.41) is 22.6. The van der Waals surface area contributed by atoms with Gasteiger partial charge in [0.15, 0.2) is 11.5 Å². The average Bonchev–Trinajstić information content (AvgIpc) is 3.40. The minimum Gasteiger partial charge on any atom is -0.504 e. The standard InChI is InChI=1S/C33H47N3O6/c1-4-23(15-27-20-35-21-28(27)17-26(12-14-37)25-11-13-36-33(34)18-25)6-9-30(42-22(2)38)19-29(39)8-5-24-7-10-31(40)32(16-24)41-3/h7,10-11,16,18,20-21,23,26,30,35-37,40H,4-6,8-9,12-15,17,19,34H2,1-3H3/t23-,26+,30-/m1/s1. The number of phenolic OH excluding ortho intramolecular Hbond substituents is 1. The van der Waals surface area contributed by atoms with Crippen molar-refractivity contribution in [1.29, 1.82) is 0 Å². The van der Waals surface area contributed by atoms with E-state index in [0.717, 1.165) is 36.8 Å². The second-order valence-electron chi connectivity index (χ2n) is 11.1. The van der Waals surface area contributed by atoms with Gasteiger partial charge in [-0.05, 0) is 90.8 Å². The number of carbonyl (C=O) groups excluding carboxylic acids is 2. The lowest BCUT2D eigenvalue weighted by molar-refractivity contribution is -0.148. The third-order valence-electron chi connectivity index (χ3n) is 8.02. The van der Waals surface area contributed by atoms with Gasteiger partial charge in [-0.15, -0.1) is 0 Å². The monoisotopic (exact) mass is 581 g/mol. The SMILES string of the molecule is CC[C@H](CC[C@H](CC(=O)CCc1ccc(O)c(OC)c1)OC(C)=O)Cc1c[nH]cc1C[C@H](CCO)C1=CCNC(N)=C1. The minimum absolute atomic E-state index is 0.0334. The van der Waals surface area contributed by atoms with Crippen molar-refractivity contribution in [2.24, 2.45) is 17.6 Å². The van der Waals surface area contributed by atoms with Crippen molar-refractivity contribution in [3.05, 3.63) is 70.8 Å². The van der Waals surface area contributed by atoms with Crippen LogP contribution in [0, 0.1) is 11.8 Å². The molecule has 9 heteroatoms. The summed E-state index contributed by atoms with van der Waals surface area (Å²) in [6.45, 7) is 4.35. The summed E-state index contributed by atoms with van der Waals surface area (Å²) in [6, 6.07) is 5.07. The maximum absolute atomic E-state index is 12.8. The Morgan fingerprint density at radius 3 is 2.55 bits per heavy atom. The summed E-state index contributed by atoms with van der Waals surface area (Å²) in [5.74, 6) is 1.28. The Kier molecular flexibility index (Phi) is 13.0. The van der Waals surface area contributed by atoms with Crippen molar-refractivity contribution in [2.75, 3.05) is 20.3 Å². The van der Waals surface area contributed by atoms with Crippen molar-refractivity contribution in [2.45, 2.75) is 77.7 Å². The number of allylic oxidation sites excluding steroid dienone is 2. The number of aromatic amines is 1. The first-order chi connectivity index (χ1) is 20.2. The number of ether oxygens (including phenoxy) is 2. The van der Waals surface area contributed by atoms with Crippen LogP contribution in [0.15, 0.2) is 54.1 Å². The number of dihydropyridines is 1. The van der Waals surface area contributed by atoms with E-state index < -0.39 is 6.10 Å². The summed E-state index contributed by atoms with van der Waals surface area (Å²) in [4.78, 5) is 27.9. The second-order valence-corrected chi connectivity index (χ2v) is 11.1. The normalized spacial score (nSPS) is 15.1. The molecule has 0 saturated heterocycles. The Morgan fingerprint density at radius 1 is 1.12 bits per heavy atom. The van der Waals surface area contributed by atoms with Gasteiger partial charge >= 0.3 is 5.97 Å². The third kappa shape index (κ3) is 10.3. The van der Waals surface area contributed by atoms with Crippen LogP contribution in [0.3, 0.4) is 0 Å². The number of aliphatic hydroxyl groups excluding tert-OH is 1. The molecule has 0 aliphatic carbocycles. The lowest BCUT2D eigenvalue weighted by Gasteiger charge is -2.23. The van der Waals surface area contributed by atoms with E-state index in [0.29, 0.717) is 49.7 Å². The first kappa shape index (κ1) is 32.8. The van der Waals surface area contributed by atoms with Crippen LogP contribution >= 0.6 is 0 Å². The van der Waals surface area contributed by atoms with E-state index in [9.17, 15) is 19.8 Å². The summed E-state index contributed by atoms with van der Waals surface area (Å²) in [6.07, 6.45) is 13.5. The highest BCUT2D eigenvalue weighted by molar-refractivity contribution is 5.79. The van der Waals surface area contributed by atoms with Gasteiger partial charge in [0.25, 0.3) is 0 Å². The first-order valence-electron chi connectivity index (χ1n) is 14.9. The number of esters is 1. The number of ketones is 1. The Labute approximate surface area is 249 Å². The van der Waals surface area contributed by atoms with Crippen LogP contribution in [0.5, 0.6) is 11.5 Å². The number of aryl methyl sites for hydroxylation is 1. The summed E-state index contributed by atoms with van der Waals surface area (Å²) >= 11 is 0. The molecular weight excluding hydrogens is 534 g/mol. The lowest BCUT2D eigenvalue weighted by atomic mass is 9.85. The highest BCUT2D eigenvalue weighted by Crippen LogP contribution is 2.29. The number of nitrogens with one attached hydrogen (secondary N) is 2. The maximum atomic E-state index is 12.8. The number of benzene rings is 1. The maximum Gasteiger partial charge on any atom is 0.302 e. The zero-order valence-electron chi connectivity index (χ0n) is 25.2. The predicted molar refractivity (Wildman–Crippen MR) is 163 cm³/mol. The molecule has 0 amide bonds. The molecule has 0 saturated carbocycles. The predicted octanol–water partition coefficient (Wildman–Crippen LogP) is 4.47. The minimum atomic E-state index is -0.456. The van der Waals surface area contributed by atoms with Gasteiger partial charge < -0.3 is 35.7 Å². The molecule has 1 aliphatic rings. The highest BCUT2D eigenvalue weighted by atomic mass is 16.5. The molecule has 0 bridgehead atoms. The number of phenols is 1. The van der Waals surface area contributed by atoms with Gasteiger partial charge in [0.05, 0.1) is 12.9 Å². The molecule has 2 aromatic rings. The van der Waals surface area contributed by atoms with E-state index in [4.69, 9.17) is 15.2 Å². The summed E-state index contributed by atoms with van der Waals surface area (Å²) < 4.78 is 10.7. The number of nitrogens with two attached hydrogens (primary N) is 1. The number of carbonyl (C=O) groups is 2. The number of H-pyrrole nitrogens is 1. The molecule has 0 fully saturated rings. The fourth-order valence-corrected chi connectivity index (χ4v) is 5.61. The third-order valence-corrected chi connectivity index (χ3v) is 8.02. The number of aromatic nitrogens is 1. The fraction of sp³-hybridized carbons (Fsp3) is 0.515. The largest absolute Gasteiger partial charge is 0.504 e. The molecule has 3 atom stereocenters. The van der Waals surface area contributed by atoms with Gasteiger partial charge in [0.2, 0.25) is 0 Å². The molecule has 0 unspecified atom stereocenters. The molecule has 1 aliphatic heterocycles. The van der Waals surface area contributed by atoms with Crippen LogP contribution in [0.2, 0.25) is 0 Å². The summed E-state index contributed by atoms with van der Waals surface area (Å²) in [5.41, 5.74) is 10.5. The quantitative estimate of drug-likeness (QED) is 0.162. The molecule has 1 aromatic heterocycles. The number of rotatable bonds is 18. The van der Waals surface area contributed by atoms with E-state index >= 15 is 0 Å². The molecule has 9 nitrogen and oxygen atoms in total. The Hall–Kier alpha value is -3.72. The van der Waals surface area contributed by atoms with Crippen molar-refractivity contribution in [3.63, 3.8) is 0 Å². The van der Waals surface area contributed by atoms with Crippen LogP contribution in [0.25, 0.3) is 0 Å². The number of hydrogen-bond acceptors (Lipinski definition) is 8. The Balaban J connectivity index is 1.57. The molecule has 0 spiro atoms. The fourth-order valence-electron chi connectivity index (χ4n) is 5.61. The zero-order chi connectivity index (χ0) is 30.5. The second kappa shape index (κ2) is 16.7. The van der Waals surface area contributed by atoms with Crippen molar-refractivity contribution < 1.29 is 29.3 Å².